The van der Waals surface area contributed by atoms with E-state index in [1.807, 2.05) is 0 Å². The van der Waals surface area contributed by atoms with Gasteiger partial charge in [-0.3, -0.25) is 9.69 Å². The molecule has 3 aliphatic rings. The number of carbonyl (C=O) groups is 1. The summed E-state index contributed by atoms with van der Waals surface area (Å²) in [5.41, 5.74) is -0.0244. The van der Waals surface area contributed by atoms with Gasteiger partial charge in [0.15, 0.2) is 0 Å². The molecule has 0 amide bonds. The number of hydrogen-bond acceptors (Lipinski definition) is 5. The Morgan fingerprint density at radius 1 is 1.24 bits per heavy atom. The minimum Gasteiger partial charge on any atom is -0.481 e. The van der Waals surface area contributed by atoms with Crippen LogP contribution in [-0.2, 0) is 14.3 Å². The van der Waals surface area contributed by atoms with Crippen LogP contribution >= 0.6 is 0 Å². The second kappa shape index (κ2) is 6.60. The molecule has 0 saturated carbocycles. The highest BCUT2D eigenvalue weighted by Gasteiger charge is 2.42. The monoisotopic (exact) mass is 298 g/mol. The van der Waals surface area contributed by atoms with Gasteiger partial charge in [-0.1, -0.05) is 0 Å². The van der Waals surface area contributed by atoms with Crippen LogP contribution in [0.4, 0.5) is 0 Å². The summed E-state index contributed by atoms with van der Waals surface area (Å²) in [6.45, 7) is 7.14. The molecular formula is C15H26N2O4. The third-order valence-electron chi connectivity index (χ3n) is 5.10. The molecule has 21 heavy (non-hydrogen) atoms. The summed E-state index contributed by atoms with van der Waals surface area (Å²) in [6.07, 6.45) is 3.47. The second-order valence-corrected chi connectivity index (χ2v) is 6.50. The predicted molar refractivity (Wildman–Crippen MR) is 77.4 cm³/mol. The van der Waals surface area contributed by atoms with Gasteiger partial charge in [-0.05, 0) is 12.8 Å². The zero-order valence-electron chi connectivity index (χ0n) is 12.6. The van der Waals surface area contributed by atoms with E-state index in [1.165, 1.54) is 0 Å². The van der Waals surface area contributed by atoms with Crippen LogP contribution in [0.3, 0.4) is 0 Å². The third-order valence-corrected chi connectivity index (χ3v) is 5.10. The SMILES string of the molecule is O=C(O)CCN1CCN(C2CCOC3(CCOC3)C2)CC1. The van der Waals surface area contributed by atoms with Crippen molar-refractivity contribution in [3.05, 3.63) is 0 Å². The molecule has 3 fully saturated rings. The summed E-state index contributed by atoms with van der Waals surface area (Å²) in [6, 6.07) is 0.599. The molecule has 3 aliphatic heterocycles. The van der Waals surface area contributed by atoms with E-state index in [-0.39, 0.29) is 12.0 Å². The van der Waals surface area contributed by atoms with Gasteiger partial charge in [0.05, 0.1) is 18.6 Å². The fraction of sp³-hybridized carbons (Fsp3) is 0.933. The first-order valence-electron chi connectivity index (χ1n) is 8.07. The summed E-state index contributed by atoms with van der Waals surface area (Å²) in [5.74, 6) is -0.704. The molecule has 3 rings (SSSR count). The van der Waals surface area contributed by atoms with E-state index in [0.717, 1.165) is 65.3 Å². The van der Waals surface area contributed by atoms with Crippen LogP contribution in [-0.4, -0.2) is 85.1 Å². The van der Waals surface area contributed by atoms with E-state index in [4.69, 9.17) is 14.6 Å². The lowest BCUT2D eigenvalue weighted by Crippen LogP contribution is -2.55. The summed E-state index contributed by atoms with van der Waals surface area (Å²) in [5, 5.41) is 8.75. The topological polar surface area (TPSA) is 62.2 Å². The van der Waals surface area contributed by atoms with Crippen molar-refractivity contribution in [2.75, 3.05) is 52.5 Å². The molecule has 0 bridgehead atoms. The van der Waals surface area contributed by atoms with Gasteiger partial charge in [0.1, 0.15) is 0 Å². The molecule has 2 atom stereocenters. The van der Waals surface area contributed by atoms with E-state index in [0.29, 0.717) is 12.6 Å². The van der Waals surface area contributed by atoms with Crippen molar-refractivity contribution < 1.29 is 19.4 Å². The Kier molecular flexibility index (Phi) is 4.78. The molecule has 6 heteroatoms. The van der Waals surface area contributed by atoms with Crippen LogP contribution in [0, 0.1) is 0 Å². The van der Waals surface area contributed by atoms with Crippen molar-refractivity contribution in [1.82, 2.24) is 9.80 Å². The summed E-state index contributed by atoms with van der Waals surface area (Å²) < 4.78 is 11.5. The molecule has 3 heterocycles. The number of nitrogens with zero attached hydrogens (tertiary/aromatic N) is 2. The largest absolute Gasteiger partial charge is 0.481 e. The van der Waals surface area contributed by atoms with E-state index >= 15 is 0 Å². The van der Waals surface area contributed by atoms with Crippen molar-refractivity contribution in [3.8, 4) is 0 Å². The number of piperazine rings is 1. The third kappa shape index (κ3) is 3.74. The van der Waals surface area contributed by atoms with Crippen molar-refractivity contribution in [1.29, 1.82) is 0 Å². The van der Waals surface area contributed by atoms with E-state index in [9.17, 15) is 4.79 Å². The van der Waals surface area contributed by atoms with Gasteiger partial charge in [-0.25, -0.2) is 0 Å². The molecule has 1 N–H and O–H groups in total. The van der Waals surface area contributed by atoms with E-state index in [2.05, 4.69) is 9.80 Å². The maximum absolute atomic E-state index is 10.6. The van der Waals surface area contributed by atoms with Crippen molar-refractivity contribution in [2.45, 2.75) is 37.3 Å². The highest BCUT2D eigenvalue weighted by Crippen LogP contribution is 2.35. The number of hydrogen-bond donors (Lipinski definition) is 1. The first-order valence-corrected chi connectivity index (χ1v) is 8.07. The highest BCUT2D eigenvalue weighted by atomic mass is 16.6. The molecule has 2 unspecified atom stereocenters. The maximum atomic E-state index is 10.6. The van der Waals surface area contributed by atoms with Gasteiger partial charge in [0, 0.05) is 58.4 Å². The van der Waals surface area contributed by atoms with Crippen LogP contribution in [0.25, 0.3) is 0 Å². The minimum absolute atomic E-state index is 0.0244. The summed E-state index contributed by atoms with van der Waals surface area (Å²) in [7, 11) is 0. The van der Waals surface area contributed by atoms with Crippen molar-refractivity contribution in [3.63, 3.8) is 0 Å². The quantitative estimate of drug-likeness (QED) is 0.811. The van der Waals surface area contributed by atoms with Gasteiger partial charge in [-0.15, -0.1) is 0 Å². The van der Waals surface area contributed by atoms with E-state index in [1.54, 1.807) is 0 Å². The lowest BCUT2D eigenvalue weighted by atomic mass is 9.88. The molecule has 0 aliphatic carbocycles. The average Bonchev–Trinajstić information content (AvgIpc) is 2.93. The van der Waals surface area contributed by atoms with Crippen LogP contribution < -0.4 is 0 Å². The normalized spacial score (nSPS) is 35.3. The van der Waals surface area contributed by atoms with Crippen LogP contribution in [0.15, 0.2) is 0 Å². The van der Waals surface area contributed by atoms with Gasteiger partial charge >= 0.3 is 5.97 Å². The molecule has 3 saturated heterocycles. The molecule has 6 nitrogen and oxygen atoms in total. The molecular weight excluding hydrogens is 272 g/mol. The Morgan fingerprint density at radius 3 is 2.71 bits per heavy atom. The molecule has 0 aromatic rings. The standard InChI is InChI=1S/C15H26N2O4/c18-14(19)1-4-16-5-7-17(8-6-16)13-2-9-21-15(11-13)3-10-20-12-15/h13H,1-12H2,(H,18,19). The number of carboxylic acids is 1. The van der Waals surface area contributed by atoms with Crippen LogP contribution in [0.1, 0.15) is 25.7 Å². The Hall–Kier alpha value is -0.690. The number of rotatable bonds is 4. The minimum atomic E-state index is -0.704. The average molecular weight is 298 g/mol. The van der Waals surface area contributed by atoms with Gasteiger partial charge in [-0.2, -0.15) is 0 Å². The van der Waals surface area contributed by atoms with Crippen LogP contribution in [0.5, 0.6) is 0 Å². The summed E-state index contributed by atoms with van der Waals surface area (Å²) >= 11 is 0. The highest BCUT2D eigenvalue weighted by molar-refractivity contribution is 5.66. The van der Waals surface area contributed by atoms with Crippen LogP contribution in [0.2, 0.25) is 0 Å². The predicted octanol–water partition coefficient (Wildman–Crippen LogP) is 0.417. The molecule has 0 aromatic heterocycles. The number of carboxylic acid groups (broad SMARTS) is 1. The fourth-order valence-electron chi connectivity index (χ4n) is 3.78. The van der Waals surface area contributed by atoms with Gasteiger partial charge in [0.2, 0.25) is 0 Å². The molecule has 120 valence electrons. The lowest BCUT2D eigenvalue weighted by Gasteiger charge is -2.45. The lowest BCUT2D eigenvalue weighted by molar-refractivity contribution is -0.137. The van der Waals surface area contributed by atoms with Crippen molar-refractivity contribution >= 4 is 5.97 Å². The molecule has 1 spiro atoms. The van der Waals surface area contributed by atoms with Gasteiger partial charge in [0.25, 0.3) is 0 Å². The fourth-order valence-corrected chi connectivity index (χ4v) is 3.78. The van der Waals surface area contributed by atoms with E-state index < -0.39 is 5.97 Å². The zero-order valence-corrected chi connectivity index (χ0v) is 12.6. The Labute approximate surface area is 126 Å². The smallest absolute Gasteiger partial charge is 0.304 e. The number of aliphatic carboxylic acids is 1. The van der Waals surface area contributed by atoms with Crippen molar-refractivity contribution in [2.24, 2.45) is 0 Å². The molecule has 0 radical (unpaired) electrons. The number of ether oxygens (including phenoxy) is 2. The molecule has 0 aromatic carbocycles. The zero-order chi connectivity index (χ0) is 14.7. The Morgan fingerprint density at radius 2 is 2.05 bits per heavy atom. The Balaban J connectivity index is 1.46. The first-order chi connectivity index (χ1) is 10.2. The van der Waals surface area contributed by atoms with Gasteiger partial charge < -0.3 is 19.5 Å². The first kappa shape index (κ1) is 15.2. The maximum Gasteiger partial charge on any atom is 0.304 e. The Bertz CT molecular complexity index is 363. The summed E-state index contributed by atoms with van der Waals surface area (Å²) in [4.78, 5) is 15.5. The second-order valence-electron chi connectivity index (χ2n) is 6.50.